The predicted octanol–water partition coefficient (Wildman–Crippen LogP) is 3.86. The first-order valence-corrected chi connectivity index (χ1v) is 11.4. The Hall–Kier alpha value is -4.26. The number of amides is 1. The van der Waals surface area contributed by atoms with Crippen LogP contribution in [0, 0.1) is 0 Å². The van der Waals surface area contributed by atoms with E-state index in [-0.39, 0.29) is 11.5 Å². The summed E-state index contributed by atoms with van der Waals surface area (Å²) in [7, 11) is 1.60. The number of rotatable bonds is 5. The zero-order chi connectivity index (χ0) is 23.2. The molecule has 3 aromatic heterocycles. The number of aromatic nitrogens is 4. The van der Waals surface area contributed by atoms with Crippen LogP contribution in [0.15, 0.2) is 77.9 Å². The van der Waals surface area contributed by atoms with Gasteiger partial charge in [0, 0.05) is 36.2 Å². The van der Waals surface area contributed by atoms with E-state index in [4.69, 9.17) is 0 Å². The van der Waals surface area contributed by atoms with Gasteiger partial charge < -0.3 is 5.32 Å². The lowest BCUT2D eigenvalue weighted by Gasteiger charge is -2.14. The van der Waals surface area contributed by atoms with E-state index in [0.717, 1.165) is 29.7 Å². The van der Waals surface area contributed by atoms with Crippen molar-refractivity contribution in [3.63, 3.8) is 0 Å². The maximum absolute atomic E-state index is 13.9. The molecular formula is C27H23N5O2. The Morgan fingerprint density at radius 2 is 1.82 bits per heavy atom. The molecule has 1 saturated carbocycles. The third-order valence-corrected chi connectivity index (χ3v) is 6.44. The average Bonchev–Trinajstić information content (AvgIpc) is 3.66. The Labute approximate surface area is 195 Å². The number of pyridine rings is 1. The lowest BCUT2D eigenvalue weighted by Crippen LogP contribution is -2.23. The van der Waals surface area contributed by atoms with Gasteiger partial charge in [0.2, 0.25) is 0 Å². The molecule has 0 bridgehead atoms. The first-order valence-electron chi connectivity index (χ1n) is 11.4. The molecule has 0 unspecified atom stereocenters. The molecule has 0 atom stereocenters. The second-order valence-corrected chi connectivity index (χ2v) is 8.73. The monoisotopic (exact) mass is 449 g/mol. The summed E-state index contributed by atoms with van der Waals surface area (Å²) in [6.45, 7) is 0. The van der Waals surface area contributed by atoms with Crippen molar-refractivity contribution in [1.29, 1.82) is 0 Å². The second kappa shape index (κ2) is 7.95. The number of nitrogens with zero attached hydrogens (tertiary/aromatic N) is 4. The second-order valence-electron chi connectivity index (χ2n) is 8.73. The van der Waals surface area contributed by atoms with Gasteiger partial charge in [0.15, 0.2) is 0 Å². The van der Waals surface area contributed by atoms with Crippen molar-refractivity contribution in [3.05, 3.63) is 106 Å². The van der Waals surface area contributed by atoms with Crippen LogP contribution in [-0.2, 0) is 6.42 Å². The molecule has 7 nitrogen and oxygen atoms in total. The molecule has 5 aromatic rings. The first-order chi connectivity index (χ1) is 16.6. The summed E-state index contributed by atoms with van der Waals surface area (Å²) in [4.78, 5) is 30.6. The maximum Gasteiger partial charge on any atom is 0.266 e. The minimum Gasteiger partial charge on any atom is -0.355 e. The highest BCUT2D eigenvalue weighted by Gasteiger charge is 2.26. The number of nitrogens with one attached hydrogen (secondary N) is 1. The molecule has 2 aromatic carbocycles. The fraction of sp³-hybridized carbons (Fsp3) is 0.185. The Kier molecular flexibility index (Phi) is 4.76. The highest BCUT2D eigenvalue weighted by Crippen LogP contribution is 2.39. The minimum atomic E-state index is -0.170. The van der Waals surface area contributed by atoms with E-state index in [1.807, 2.05) is 35.0 Å². The van der Waals surface area contributed by atoms with Gasteiger partial charge in [0.1, 0.15) is 5.65 Å². The molecule has 1 aliphatic rings. The van der Waals surface area contributed by atoms with Crippen LogP contribution in [0.4, 0.5) is 0 Å². The lowest BCUT2D eigenvalue weighted by molar-refractivity contribution is 0.0963. The summed E-state index contributed by atoms with van der Waals surface area (Å²) in [6.07, 6.45) is 6.46. The number of carbonyl (C=O) groups is 1. The van der Waals surface area contributed by atoms with Crippen LogP contribution in [-0.4, -0.2) is 32.1 Å². The van der Waals surface area contributed by atoms with Gasteiger partial charge in [-0.3, -0.25) is 19.1 Å². The smallest absolute Gasteiger partial charge is 0.266 e. The van der Waals surface area contributed by atoms with Crippen molar-refractivity contribution >= 4 is 22.5 Å². The third kappa shape index (κ3) is 3.37. The zero-order valence-electron chi connectivity index (χ0n) is 18.7. The largest absolute Gasteiger partial charge is 0.355 e. The normalized spacial score (nSPS) is 13.4. The number of hydrogen-bond donors (Lipinski definition) is 1. The van der Waals surface area contributed by atoms with Crippen LogP contribution in [0.2, 0.25) is 0 Å². The zero-order valence-corrected chi connectivity index (χ0v) is 18.7. The Bertz CT molecular complexity index is 1600. The van der Waals surface area contributed by atoms with Gasteiger partial charge in [0.05, 0.1) is 29.0 Å². The van der Waals surface area contributed by atoms with Gasteiger partial charge in [-0.25, -0.2) is 4.52 Å². The highest BCUT2D eigenvalue weighted by molar-refractivity contribution is 5.94. The average molecular weight is 450 g/mol. The standard InChI is InChI=1S/C27H23N5O2/c1-28-25(33)19-9-11-21(12-10-19)31-26-20(13-17-5-3-2-4-6-17)15-30-32(26)24-16-29-23(18-7-8-18)14-22(24)27(31)34/h2-6,9-12,14-16,18H,7-8,13H2,1H3,(H,28,33). The topological polar surface area (TPSA) is 81.3 Å². The van der Waals surface area contributed by atoms with Crippen LogP contribution in [0.5, 0.6) is 0 Å². The van der Waals surface area contributed by atoms with Crippen LogP contribution in [0.3, 0.4) is 0 Å². The molecule has 0 aliphatic heterocycles. The van der Waals surface area contributed by atoms with Crippen molar-refractivity contribution in [3.8, 4) is 5.69 Å². The van der Waals surface area contributed by atoms with Gasteiger partial charge >= 0.3 is 0 Å². The molecule has 34 heavy (non-hydrogen) atoms. The lowest BCUT2D eigenvalue weighted by atomic mass is 10.1. The molecule has 1 amide bonds. The van der Waals surface area contributed by atoms with E-state index in [2.05, 4.69) is 27.5 Å². The van der Waals surface area contributed by atoms with Crippen molar-refractivity contribution in [2.24, 2.45) is 0 Å². The molecule has 1 fully saturated rings. The van der Waals surface area contributed by atoms with Crippen molar-refractivity contribution in [2.75, 3.05) is 7.05 Å². The summed E-state index contributed by atoms with van der Waals surface area (Å²) in [6, 6.07) is 19.1. The van der Waals surface area contributed by atoms with Crippen LogP contribution < -0.4 is 10.9 Å². The SMILES string of the molecule is CNC(=O)c1ccc(-n2c(=O)c3cc(C4CC4)ncc3n3ncc(Cc4ccccc4)c23)cc1. The molecule has 168 valence electrons. The molecule has 1 aliphatic carbocycles. The van der Waals surface area contributed by atoms with Crippen molar-refractivity contribution < 1.29 is 4.79 Å². The van der Waals surface area contributed by atoms with Gasteiger partial charge in [0.25, 0.3) is 11.5 Å². The highest BCUT2D eigenvalue weighted by atomic mass is 16.1. The molecule has 3 heterocycles. The van der Waals surface area contributed by atoms with Gasteiger partial charge in [-0.2, -0.15) is 5.10 Å². The summed E-state index contributed by atoms with van der Waals surface area (Å²) < 4.78 is 3.52. The van der Waals surface area contributed by atoms with E-state index in [1.54, 1.807) is 42.1 Å². The van der Waals surface area contributed by atoms with E-state index >= 15 is 0 Å². The maximum atomic E-state index is 13.9. The fourth-order valence-electron chi connectivity index (χ4n) is 4.50. The molecule has 0 spiro atoms. The van der Waals surface area contributed by atoms with Crippen LogP contribution >= 0.6 is 0 Å². The molecular weight excluding hydrogens is 426 g/mol. The number of benzene rings is 2. The van der Waals surface area contributed by atoms with Crippen molar-refractivity contribution in [2.45, 2.75) is 25.2 Å². The van der Waals surface area contributed by atoms with Crippen molar-refractivity contribution in [1.82, 2.24) is 24.5 Å². The molecule has 7 heteroatoms. The summed E-state index contributed by atoms with van der Waals surface area (Å²) >= 11 is 0. The first kappa shape index (κ1) is 20.4. The minimum absolute atomic E-state index is 0.116. The Balaban J connectivity index is 1.62. The quantitative estimate of drug-likeness (QED) is 0.442. The Morgan fingerprint density at radius 3 is 2.53 bits per heavy atom. The molecule has 0 radical (unpaired) electrons. The van der Waals surface area contributed by atoms with Gasteiger partial charge in [-0.1, -0.05) is 30.3 Å². The van der Waals surface area contributed by atoms with Gasteiger partial charge in [-0.05, 0) is 48.7 Å². The van der Waals surface area contributed by atoms with Gasteiger partial charge in [-0.15, -0.1) is 0 Å². The molecule has 0 saturated heterocycles. The van der Waals surface area contributed by atoms with E-state index < -0.39 is 0 Å². The summed E-state index contributed by atoms with van der Waals surface area (Å²) in [5.74, 6) is 0.267. The molecule has 1 N–H and O–H groups in total. The number of hydrogen-bond acceptors (Lipinski definition) is 4. The summed E-state index contributed by atoms with van der Waals surface area (Å²) in [5.41, 5.74) is 5.53. The fourth-order valence-corrected chi connectivity index (χ4v) is 4.50. The third-order valence-electron chi connectivity index (χ3n) is 6.44. The predicted molar refractivity (Wildman–Crippen MR) is 131 cm³/mol. The van der Waals surface area contributed by atoms with E-state index in [9.17, 15) is 9.59 Å². The summed E-state index contributed by atoms with van der Waals surface area (Å²) in [5, 5.41) is 7.90. The van der Waals surface area contributed by atoms with Crippen LogP contribution in [0.1, 0.15) is 45.9 Å². The Morgan fingerprint density at radius 1 is 1.06 bits per heavy atom. The number of carbonyl (C=O) groups excluding carboxylic acids is 1. The molecule has 6 rings (SSSR count). The van der Waals surface area contributed by atoms with Crippen LogP contribution in [0.25, 0.3) is 22.2 Å². The number of fused-ring (bicyclic) bond motifs is 3. The van der Waals surface area contributed by atoms with E-state index in [0.29, 0.717) is 40.1 Å². The van der Waals surface area contributed by atoms with E-state index in [1.165, 1.54) is 0 Å².